The number of benzene rings is 16. The van der Waals surface area contributed by atoms with Crippen molar-refractivity contribution in [1.29, 1.82) is 0 Å². The highest BCUT2D eigenvalue weighted by Gasteiger charge is 2.22. The lowest BCUT2D eigenvalue weighted by Crippen LogP contribution is -2.10. The Kier molecular flexibility index (Phi) is 17.7. The molecule has 0 unspecified atom stereocenters. The van der Waals surface area contributed by atoms with Crippen LogP contribution in [-0.4, -0.2) is 18.8 Å². The number of fused-ring (bicyclic) bond motifs is 12. The highest BCUT2D eigenvalue weighted by atomic mass is 79.9. The first kappa shape index (κ1) is 67.8. The molecule has 0 aliphatic rings. The third-order valence-corrected chi connectivity index (χ3v) is 22.4. The molecule has 0 aliphatic carbocycles. The monoisotopic (exact) mass is 1510 g/mol. The first-order chi connectivity index (χ1) is 56.0. The van der Waals surface area contributed by atoms with Gasteiger partial charge in [0.2, 0.25) is 0 Å². The molecule has 0 radical (unpaired) electrons. The molecule has 0 fully saturated rings. The van der Waals surface area contributed by atoms with E-state index >= 15 is 0 Å². The maximum absolute atomic E-state index is 4.59. The van der Waals surface area contributed by atoms with E-state index in [1.165, 1.54) is 137 Å². The molecule has 0 bridgehead atoms. The second-order valence-corrected chi connectivity index (χ2v) is 29.5. The molecule has 1 N–H and O–H groups in total. The van der Waals surface area contributed by atoms with Crippen LogP contribution in [0.3, 0.4) is 0 Å². The van der Waals surface area contributed by atoms with Crippen LogP contribution in [0.4, 0.5) is 28.4 Å². The molecular weight excluding hydrogens is 1440 g/mol. The van der Waals surface area contributed by atoms with Crippen molar-refractivity contribution in [1.82, 2.24) is 18.8 Å². The minimum absolute atomic E-state index is 0.960. The molecule has 0 aliphatic heterocycles. The topological polar surface area (TPSA) is 49.9 Å². The summed E-state index contributed by atoms with van der Waals surface area (Å²) in [7, 11) is 0. The summed E-state index contributed by atoms with van der Waals surface area (Å²) in [6.07, 6.45) is 3.66. The maximum Gasteiger partial charge on any atom is 0.0701 e. The van der Waals surface area contributed by atoms with Crippen molar-refractivity contribution in [2.24, 2.45) is 0 Å². The minimum Gasteiger partial charge on any atom is -0.356 e. The van der Waals surface area contributed by atoms with E-state index in [0.29, 0.717) is 0 Å². The van der Waals surface area contributed by atoms with Gasteiger partial charge in [0, 0.05) is 99.5 Å². The molecule has 16 aromatic carbocycles. The summed E-state index contributed by atoms with van der Waals surface area (Å²) in [5, 5.41) is 13.9. The standard InChI is InChI=1S/C53H35N3.C30H18BrN.C23H18N2/c1-2-12-36(13-3-1)37-23-28-41(29-24-37)55(42-30-25-38(26-31-42)50-21-8-9-33-54-50)43-15-10-14-39(34-43)44-16-4-5-17-45(44)40-27-32-52-49(35-40)48-20-11-19-47-46-18-6-7-22-51(46)56(52)53(47)48;31-21-8-5-7-19(17-21)22-9-1-2-10-23(22)20-15-16-29-27(18-20)26-13-6-12-25-24-11-3-4-14-28(24)32(29)30(25)26;1-2-6-18(7-3-1)19-9-13-21(14-10-19)25-22-15-11-20(12-16-22)23-8-4-5-17-24-23/h1-35H;1-18H;1-17,25H. The second kappa shape index (κ2) is 29.5. The van der Waals surface area contributed by atoms with Crippen molar-refractivity contribution in [3.63, 3.8) is 0 Å². The van der Waals surface area contributed by atoms with Gasteiger partial charge in [-0.05, 0) is 200 Å². The van der Waals surface area contributed by atoms with E-state index in [9.17, 15) is 0 Å². The summed E-state index contributed by atoms with van der Waals surface area (Å²) in [4.78, 5) is 11.3. The van der Waals surface area contributed by atoms with Crippen LogP contribution in [0, 0.1) is 0 Å². The summed E-state index contributed by atoms with van der Waals surface area (Å²) in [6, 6.07) is 147. The van der Waals surface area contributed by atoms with Crippen molar-refractivity contribution in [3.05, 3.63) is 429 Å². The first-order valence-electron chi connectivity index (χ1n) is 38.3. The largest absolute Gasteiger partial charge is 0.356 e. The number of anilines is 5. The Morgan fingerprint density at radius 1 is 0.221 bits per heavy atom. The van der Waals surface area contributed by atoms with Gasteiger partial charge in [0.15, 0.2) is 0 Å². The number of halogens is 1. The first-order valence-corrected chi connectivity index (χ1v) is 39.1. The summed E-state index contributed by atoms with van der Waals surface area (Å²) in [5.74, 6) is 0. The van der Waals surface area contributed by atoms with Crippen LogP contribution >= 0.6 is 15.9 Å². The molecule has 6 nitrogen and oxygen atoms in total. The van der Waals surface area contributed by atoms with E-state index in [4.69, 9.17) is 0 Å². The molecule has 6 heterocycles. The Hall–Kier alpha value is -14.5. The Bertz CT molecular complexity index is 7000. The smallest absolute Gasteiger partial charge is 0.0701 e. The van der Waals surface area contributed by atoms with Gasteiger partial charge in [-0.2, -0.15) is 0 Å². The lowest BCUT2D eigenvalue weighted by molar-refractivity contribution is 1.28. The zero-order valence-electron chi connectivity index (χ0n) is 61.5. The molecule has 22 aromatic rings. The van der Waals surface area contributed by atoms with Gasteiger partial charge in [-0.15, -0.1) is 0 Å². The predicted molar refractivity (Wildman–Crippen MR) is 480 cm³/mol. The van der Waals surface area contributed by atoms with Crippen molar-refractivity contribution in [2.75, 3.05) is 10.2 Å². The fourth-order valence-corrected chi connectivity index (χ4v) is 17.0. The number of hydrogen-bond acceptors (Lipinski definition) is 4. The third kappa shape index (κ3) is 12.8. The van der Waals surface area contributed by atoms with Crippen LogP contribution in [0.1, 0.15) is 0 Å². The number of hydrogen-bond donors (Lipinski definition) is 1. The minimum atomic E-state index is 0.960. The van der Waals surface area contributed by atoms with Gasteiger partial charge in [-0.3, -0.25) is 9.97 Å². The molecule has 0 saturated carbocycles. The van der Waals surface area contributed by atoms with Gasteiger partial charge >= 0.3 is 0 Å². The fraction of sp³-hybridized carbons (Fsp3) is 0. The van der Waals surface area contributed by atoms with Crippen LogP contribution in [-0.2, 0) is 0 Å². The maximum atomic E-state index is 4.59. The van der Waals surface area contributed by atoms with Crippen molar-refractivity contribution < 1.29 is 0 Å². The molecule has 0 amide bonds. The molecule has 6 aromatic heterocycles. The van der Waals surface area contributed by atoms with Gasteiger partial charge in [0.25, 0.3) is 0 Å². The zero-order chi connectivity index (χ0) is 75.1. The van der Waals surface area contributed by atoms with E-state index in [-0.39, 0.29) is 0 Å². The van der Waals surface area contributed by atoms with Gasteiger partial charge < -0.3 is 19.0 Å². The predicted octanol–water partition coefficient (Wildman–Crippen LogP) is 29.5. The zero-order valence-corrected chi connectivity index (χ0v) is 63.1. The molecule has 0 saturated heterocycles. The molecule has 532 valence electrons. The normalized spacial score (nSPS) is 11.4. The number of nitrogens with zero attached hydrogens (tertiary/aromatic N) is 5. The molecule has 0 spiro atoms. The Morgan fingerprint density at radius 2 is 0.549 bits per heavy atom. The van der Waals surface area contributed by atoms with E-state index in [1.54, 1.807) is 0 Å². The second-order valence-electron chi connectivity index (χ2n) is 28.6. The number of aromatic nitrogens is 4. The lowest BCUT2D eigenvalue weighted by atomic mass is 9.93. The van der Waals surface area contributed by atoms with Crippen LogP contribution in [0.5, 0.6) is 0 Å². The van der Waals surface area contributed by atoms with Crippen LogP contribution in [0.2, 0.25) is 0 Å². The number of rotatable bonds is 13. The Balaban J connectivity index is 0.000000122. The quantitative estimate of drug-likeness (QED) is 0.125. The average molecular weight is 1510 g/mol. The Labute approximate surface area is 663 Å². The van der Waals surface area contributed by atoms with Crippen molar-refractivity contribution in [2.45, 2.75) is 0 Å². The average Bonchev–Trinajstić information content (AvgIpc) is 1.55. The van der Waals surface area contributed by atoms with E-state index in [2.05, 4.69) is 421 Å². The Morgan fingerprint density at radius 3 is 1.00 bits per heavy atom. The van der Waals surface area contributed by atoms with Crippen LogP contribution < -0.4 is 10.2 Å². The van der Waals surface area contributed by atoms with E-state index in [0.717, 1.165) is 61.0 Å². The fourth-order valence-electron chi connectivity index (χ4n) is 16.6. The molecule has 0 atom stereocenters. The lowest BCUT2D eigenvalue weighted by Gasteiger charge is -2.26. The van der Waals surface area contributed by atoms with Crippen LogP contribution in [0.25, 0.3) is 165 Å². The highest BCUT2D eigenvalue weighted by molar-refractivity contribution is 9.10. The van der Waals surface area contributed by atoms with Crippen LogP contribution in [0.15, 0.2) is 429 Å². The van der Waals surface area contributed by atoms with Gasteiger partial charge in [0.1, 0.15) is 0 Å². The SMILES string of the molecule is Brc1cccc(-c2ccccc2-c2ccc3c(c2)c2cccc4c5ccccc5n3c42)c1.c1ccc(-c2ccc(N(c3ccc(-c4ccccn4)cc3)c3cccc(-c4ccccc4-c4ccc5c(c4)c4cccc6c7ccccc7n5c64)c3)cc2)cc1.c1ccc(-c2ccc(Nc3ccc(-c4ccccn4)cc3)cc2)cc1. The van der Waals surface area contributed by atoms with Gasteiger partial charge in [-0.1, -0.05) is 295 Å². The molecule has 7 heteroatoms. The number of pyridine rings is 2. The molecular formula is C106H71BrN6. The summed E-state index contributed by atoms with van der Waals surface area (Å²) in [5.41, 5.74) is 31.8. The molecule has 22 rings (SSSR count). The van der Waals surface area contributed by atoms with E-state index < -0.39 is 0 Å². The van der Waals surface area contributed by atoms with Crippen molar-refractivity contribution >= 4 is 121 Å². The van der Waals surface area contributed by atoms with E-state index in [1.807, 2.05) is 48.8 Å². The summed E-state index contributed by atoms with van der Waals surface area (Å²) < 4.78 is 5.97. The number of para-hydroxylation sites is 4. The van der Waals surface area contributed by atoms with Gasteiger partial charge in [0.05, 0.1) is 44.5 Å². The van der Waals surface area contributed by atoms with Gasteiger partial charge in [-0.25, -0.2) is 0 Å². The third-order valence-electron chi connectivity index (χ3n) is 21.9. The number of nitrogens with one attached hydrogen (secondary N) is 1. The molecule has 113 heavy (non-hydrogen) atoms. The summed E-state index contributed by atoms with van der Waals surface area (Å²) >= 11 is 3.63. The van der Waals surface area contributed by atoms with Crippen molar-refractivity contribution in [3.8, 4) is 89.3 Å². The highest BCUT2D eigenvalue weighted by Crippen LogP contribution is 2.46. The summed E-state index contributed by atoms with van der Waals surface area (Å²) in [6.45, 7) is 0.